The van der Waals surface area contributed by atoms with E-state index in [1.807, 2.05) is 12.1 Å². The number of nitriles is 1. The van der Waals surface area contributed by atoms with Crippen LogP contribution < -0.4 is 5.32 Å². The zero-order chi connectivity index (χ0) is 21.0. The Morgan fingerprint density at radius 2 is 1.90 bits per heavy atom. The summed E-state index contributed by atoms with van der Waals surface area (Å²) in [4.78, 5) is 17.6. The summed E-state index contributed by atoms with van der Waals surface area (Å²) in [7, 11) is 0. The average Bonchev–Trinajstić information content (AvgIpc) is 3.11. The van der Waals surface area contributed by atoms with Crippen LogP contribution in [0.3, 0.4) is 0 Å². The summed E-state index contributed by atoms with van der Waals surface area (Å²) < 4.78 is 0. The van der Waals surface area contributed by atoms with Crippen molar-refractivity contribution in [1.29, 1.82) is 5.26 Å². The Labute approximate surface area is 191 Å². The predicted octanol–water partition coefficient (Wildman–Crippen LogP) is 6.89. The number of carbonyl (C=O) groups is 1. The van der Waals surface area contributed by atoms with Crippen LogP contribution in [0.1, 0.15) is 16.0 Å². The number of nitrogens with one attached hydrogen (secondary N) is 1. The van der Waals surface area contributed by atoms with Gasteiger partial charge in [-0.05, 0) is 41.5 Å². The summed E-state index contributed by atoms with van der Waals surface area (Å²) in [5.74, 6) is -0.575. The molecule has 0 aliphatic rings. The van der Waals surface area contributed by atoms with Crippen molar-refractivity contribution in [3.8, 4) is 6.07 Å². The van der Waals surface area contributed by atoms with Gasteiger partial charge in [-0.3, -0.25) is 10.1 Å². The lowest BCUT2D eigenvalue weighted by atomic mass is 10.1. The highest BCUT2D eigenvalue weighted by atomic mass is 35.5. The molecule has 0 aliphatic heterocycles. The predicted molar refractivity (Wildman–Crippen MR) is 120 cm³/mol. The second-order valence-corrected chi connectivity index (χ2v) is 8.62. The van der Waals surface area contributed by atoms with Crippen molar-refractivity contribution in [3.63, 3.8) is 0 Å². The van der Waals surface area contributed by atoms with Crippen LogP contribution in [0.5, 0.6) is 0 Å². The molecule has 9 heteroatoms. The van der Waals surface area contributed by atoms with Gasteiger partial charge in [-0.15, -0.1) is 11.3 Å². The van der Waals surface area contributed by atoms with E-state index in [-0.39, 0.29) is 5.57 Å². The van der Waals surface area contributed by atoms with Crippen molar-refractivity contribution in [3.05, 3.63) is 84.3 Å². The smallest absolute Gasteiger partial charge is 0.268 e. The molecule has 1 amide bonds. The number of nitrogens with zero attached hydrogens (tertiary/aromatic N) is 2. The van der Waals surface area contributed by atoms with E-state index in [1.54, 1.807) is 30.5 Å². The summed E-state index contributed by atoms with van der Waals surface area (Å²) >= 11 is 25.2. The van der Waals surface area contributed by atoms with E-state index in [0.29, 0.717) is 37.2 Å². The Kier molecular flexibility index (Phi) is 7.18. The summed E-state index contributed by atoms with van der Waals surface area (Å²) in [6, 6.07) is 12.1. The van der Waals surface area contributed by atoms with Crippen LogP contribution in [0, 0.1) is 11.3 Å². The summed E-state index contributed by atoms with van der Waals surface area (Å²) in [6.45, 7) is 0. The van der Waals surface area contributed by atoms with Crippen LogP contribution in [0.4, 0.5) is 5.13 Å². The molecule has 0 saturated carbocycles. The Hall–Kier alpha value is -2.07. The molecule has 0 atom stereocenters. The number of thiazole rings is 1. The molecule has 0 bridgehead atoms. The second-order valence-electron chi connectivity index (χ2n) is 5.85. The maximum atomic E-state index is 12.4. The van der Waals surface area contributed by atoms with Gasteiger partial charge in [-0.1, -0.05) is 58.5 Å². The van der Waals surface area contributed by atoms with E-state index in [9.17, 15) is 10.1 Å². The molecule has 1 aromatic heterocycles. The standard InChI is InChI=1S/C20H11Cl4N3OS/c21-14-3-2-12(17(23)8-14)7-13(9-25)19(28)27-20-26-10-15(29-20)5-11-1-4-16(22)18(24)6-11/h1-4,6-8,10H,5H2,(H,26,27,28)/b13-7+. The molecule has 1 N–H and O–H groups in total. The van der Waals surface area contributed by atoms with Gasteiger partial charge in [-0.2, -0.15) is 5.26 Å². The highest BCUT2D eigenvalue weighted by Crippen LogP contribution is 2.27. The monoisotopic (exact) mass is 481 g/mol. The van der Waals surface area contributed by atoms with Crippen molar-refractivity contribution in [2.24, 2.45) is 0 Å². The normalized spacial score (nSPS) is 11.2. The number of halogens is 4. The molecule has 29 heavy (non-hydrogen) atoms. The van der Waals surface area contributed by atoms with Crippen molar-refractivity contribution in [2.75, 3.05) is 5.32 Å². The summed E-state index contributed by atoms with van der Waals surface area (Å²) in [5.41, 5.74) is 1.38. The summed E-state index contributed by atoms with van der Waals surface area (Å²) in [6.07, 6.45) is 3.65. The lowest BCUT2D eigenvalue weighted by Gasteiger charge is -2.02. The van der Waals surface area contributed by atoms with Crippen molar-refractivity contribution in [1.82, 2.24) is 4.98 Å². The zero-order valence-corrected chi connectivity index (χ0v) is 18.4. The molecule has 146 valence electrons. The van der Waals surface area contributed by atoms with Gasteiger partial charge in [0.2, 0.25) is 0 Å². The molecule has 1 heterocycles. The molecule has 0 spiro atoms. The van der Waals surface area contributed by atoms with Crippen LogP contribution in [-0.4, -0.2) is 10.9 Å². The fraction of sp³-hybridized carbons (Fsp3) is 0.0500. The lowest BCUT2D eigenvalue weighted by molar-refractivity contribution is -0.112. The zero-order valence-electron chi connectivity index (χ0n) is 14.5. The molecule has 0 fully saturated rings. The maximum Gasteiger partial charge on any atom is 0.268 e. The fourth-order valence-electron chi connectivity index (χ4n) is 2.38. The molecule has 4 nitrogen and oxygen atoms in total. The molecule has 3 rings (SSSR count). The topological polar surface area (TPSA) is 65.8 Å². The number of anilines is 1. The van der Waals surface area contributed by atoms with Gasteiger partial charge in [0, 0.05) is 27.5 Å². The Balaban J connectivity index is 1.72. The lowest BCUT2D eigenvalue weighted by Crippen LogP contribution is -2.13. The largest absolute Gasteiger partial charge is 0.297 e. The quantitative estimate of drug-likeness (QED) is 0.318. The molecule has 0 aliphatic carbocycles. The first-order valence-electron chi connectivity index (χ1n) is 8.12. The van der Waals surface area contributed by atoms with Crippen LogP contribution in [0.15, 0.2) is 48.2 Å². The van der Waals surface area contributed by atoms with E-state index >= 15 is 0 Å². The number of benzene rings is 2. The van der Waals surface area contributed by atoms with Gasteiger partial charge in [0.05, 0.1) is 10.0 Å². The minimum Gasteiger partial charge on any atom is -0.297 e. The highest BCUT2D eigenvalue weighted by molar-refractivity contribution is 7.15. The average molecular weight is 483 g/mol. The summed E-state index contributed by atoms with van der Waals surface area (Å²) in [5, 5.41) is 14.1. The third-order valence-electron chi connectivity index (χ3n) is 3.76. The molecular formula is C20H11Cl4N3OS. The molecule has 0 radical (unpaired) electrons. The molecule has 0 unspecified atom stereocenters. The SMILES string of the molecule is N#C/C(=C\c1ccc(Cl)cc1Cl)C(=O)Nc1ncc(Cc2ccc(Cl)c(Cl)c2)s1. The van der Waals surface area contributed by atoms with Crippen LogP contribution in [-0.2, 0) is 11.2 Å². The van der Waals surface area contributed by atoms with E-state index in [2.05, 4.69) is 10.3 Å². The third kappa shape index (κ3) is 5.72. The first kappa shape index (κ1) is 21.6. The number of amides is 1. The molecule has 2 aromatic carbocycles. The van der Waals surface area contributed by atoms with Gasteiger partial charge >= 0.3 is 0 Å². The molecular weight excluding hydrogens is 472 g/mol. The first-order chi connectivity index (χ1) is 13.9. The van der Waals surface area contributed by atoms with E-state index in [1.165, 1.54) is 23.5 Å². The van der Waals surface area contributed by atoms with Crippen molar-refractivity contribution < 1.29 is 4.79 Å². The van der Waals surface area contributed by atoms with Gasteiger partial charge in [0.1, 0.15) is 11.6 Å². The first-order valence-corrected chi connectivity index (χ1v) is 10.5. The van der Waals surface area contributed by atoms with E-state index < -0.39 is 5.91 Å². The van der Waals surface area contributed by atoms with Gasteiger partial charge in [0.25, 0.3) is 5.91 Å². The highest BCUT2D eigenvalue weighted by Gasteiger charge is 2.13. The van der Waals surface area contributed by atoms with Gasteiger partial charge < -0.3 is 0 Å². The molecule has 3 aromatic rings. The Bertz CT molecular complexity index is 1150. The molecule has 0 saturated heterocycles. The third-order valence-corrected chi connectivity index (χ3v) is 5.98. The van der Waals surface area contributed by atoms with Crippen LogP contribution >= 0.6 is 57.7 Å². The Morgan fingerprint density at radius 3 is 2.59 bits per heavy atom. The van der Waals surface area contributed by atoms with Crippen molar-refractivity contribution >= 4 is 74.9 Å². The van der Waals surface area contributed by atoms with Crippen molar-refractivity contribution in [2.45, 2.75) is 6.42 Å². The number of hydrogen-bond acceptors (Lipinski definition) is 4. The maximum absolute atomic E-state index is 12.4. The minimum atomic E-state index is -0.575. The van der Waals surface area contributed by atoms with Gasteiger partial charge in [0.15, 0.2) is 5.13 Å². The van der Waals surface area contributed by atoms with Crippen LogP contribution in [0.2, 0.25) is 20.1 Å². The number of carbonyl (C=O) groups excluding carboxylic acids is 1. The number of hydrogen-bond donors (Lipinski definition) is 1. The second kappa shape index (κ2) is 9.62. The fourth-order valence-corrected chi connectivity index (χ4v) is 4.01. The van der Waals surface area contributed by atoms with Crippen LogP contribution in [0.25, 0.3) is 6.08 Å². The van der Waals surface area contributed by atoms with E-state index in [4.69, 9.17) is 46.4 Å². The number of rotatable bonds is 5. The van der Waals surface area contributed by atoms with Gasteiger partial charge in [-0.25, -0.2) is 4.98 Å². The van der Waals surface area contributed by atoms with E-state index in [0.717, 1.165) is 10.4 Å². The number of aromatic nitrogens is 1. The Morgan fingerprint density at radius 1 is 1.10 bits per heavy atom. The minimum absolute atomic E-state index is 0.101.